The molecule has 0 fully saturated rings. The number of nitrogens with zero attached hydrogens (tertiary/aromatic N) is 1. The van der Waals surface area contributed by atoms with Crippen molar-refractivity contribution in [2.24, 2.45) is 0 Å². The molecule has 2 amide bonds. The quantitative estimate of drug-likeness (QED) is 0.698. The smallest absolute Gasteiger partial charge is 0.238 e. The SMILES string of the molecule is CCCNC(=O)CN(C)CC(=O)Nc1ccc(I)cc1. The van der Waals surface area contributed by atoms with E-state index in [0.29, 0.717) is 6.54 Å². The molecule has 1 rings (SSSR count). The third-order valence-corrected chi connectivity index (χ3v) is 3.25. The molecule has 0 atom stereocenters. The zero-order valence-corrected chi connectivity index (χ0v) is 13.9. The molecule has 2 N–H and O–H groups in total. The number of hydrogen-bond donors (Lipinski definition) is 2. The fourth-order valence-electron chi connectivity index (χ4n) is 1.60. The van der Waals surface area contributed by atoms with Gasteiger partial charge in [-0.1, -0.05) is 6.92 Å². The van der Waals surface area contributed by atoms with E-state index in [9.17, 15) is 9.59 Å². The number of nitrogens with one attached hydrogen (secondary N) is 2. The van der Waals surface area contributed by atoms with Crippen LogP contribution in [0.15, 0.2) is 24.3 Å². The third kappa shape index (κ3) is 6.85. The molecule has 0 saturated carbocycles. The van der Waals surface area contributed by atoms with E-state index in [1.807, 2.05) is 31.2 Å². The van der Waals surface area contributed by atoms with Crippen LogP contribution in [0.1, 0.15) is 13.3 Å². The van der Waals surface area contributed by atoms with Gasteiger partial charge in [0.05, 0.1) is 13.1 Å². The zero-order valence-electron chi connectivity index (χ0n) is 11.8. The van der Waals surface area contributed by atoms with Crippen molar-refractivity contribution in [2.45, 2.75) is 13.3 Å². The Morgan fingerprint density at radius 3 is 2.35 bits per heavy atom. The number of likely N-dealkylation sites (N-methyl/N-ethyl adjacent to an activating group) is 1. The summed E-state index contributed by atoms with van der Waals surface area (Å²) in [6.45, 7) is 3.08. The highest BCUT2D eigenvalue weighted by molar-refractivity contribution is 14.1. The standard InChI is InChI=1S/C14H20IN3O2/c1-3-8-16-13(19)9-18(2)10-14(20)17-12-6-4-11(15)5-7-12/h4-7H,3,8-10H2,1-2H3,(H,16,19)(H,17,20). The van der Waals surface area contributed by atoms with Crippen LogP contribution in [0.2, 0.25) is 0 Å². The summed E-state index contributed by atoms with van der Waals surface area (Å²) in [6.07, 6.45) is 0.906. The van der Waals surface area contributed by atoms with Gasteiger partial charge in [-0.15, -0.1) is 0 Å². The van der Waals surface area contributed by atoms with Crippen LogP contribution >= 0.6 is 22.6 Å². The predicted octanol–water partition coefficient (Wildman–Crippen LogP) is 1.69. The van der Waals surface area contributed by atoms with E-state index in [1.165, 1.54) is 0 Å². The van der Waals surface area contributed by atoms with Crippen LogP contribution in [0, 0.1) is 3.57 Å². The average Bonchev–Trinajstić information content (AvgIpc) is 2.38. The van der Waals surface area contributed by atoms with Gasteiger partial charge in [-0.05, 0) is 60.3 Å². The van der Waals surface area contributed by atoms with Crippen molar-refractivity contribution in [1.82, 2.24) is 10.2 Å². The van der Waals surface area contributed by atoms with Gasteiger partial charge < -0.3 is 10.6 Å². The number of carbonyl (C=O) groups excluding carboxylic acids is 2. The number of benzene rings is 1. The highest BCUT2D eigenvalue weighted by atomic mass is 127. The molecule has 0 saturated heterocycles. The number of hydrogen-bond acceptors (Lipinski definition) is 3. The van der Waals surface area contributed by atoms with Gasteiger partial charge >= 0.3 is 0 Å². The van der Waals surface area contributed by atoms with Crippen molar-refractivity contribution in [3.05, 3.63) is 27.8 Å². The number of rotatable bonds is 7. The van der Waals surface area contributed by atoms with Gasteiger partial charge in [0.15, 0.2) is 0 Å². The topological polar surface area (TPSA) is 61.4 Å². The van der Waals surface area contributed by atoms with E-state index in [0.717, 1.165) is 15.7 Å². The van der Waals surface area contributed by atoms with Crippen LogP contribution in [-0.2, 0) is 9.59 Å². The zero-order chi connectivity index (χ0) is 15.0. The Balaban J connectivity index is 2.34. The third-order valence-electron chi connectivity index (χ3n) is 2.53. The summed E-state index contributed by atoms with van der Waals surface area (Å²) in [5.41, 5.74) is 0.763. The van der Waals surface area contributed by atoms with Crippen molar-refractivity contribution >= 4 is 40.1 Å². The number of anilines is 1. The van der Waals surface area contributed by atoms with Crippen molar-refractivity contribution in [1.29, 1.82) is 0 Å². The molecule has 0 radical (unpaired) electrons. The molecular weight excluding hydrogens is 369 g/mol. The molecule has 0 unspecified atom stereocenters. The van der Waals surface area contributed by atoms with Gasteiger partial charge in [-0.2, -0.15) is 0 Å². The maximum atomic E-state index is 11.8. The Morgan fingerprint density at radius 2 is 1.75 bits per heavy atom. The summed E-state index contributed by atoms with van der Waals surface area (Å²) in [5, 5.41) is 5.58. The van der Waals surface area contributed by atoms with Gasteiger partial charge in [0, 0.05) is 15.8 Å². The molecule has 0 aliphatic carbocycles. The minimum atomic E-state index is -0.128. The van der Waals surface area contributed by atoms with Gasteiger partial charge in [-0.3, -0.25) is 14.5 Å². The van der Waals surface area contributed by atoms with Gasteiger partial charge in [0.1, 0.15) is 0 Å². The lowest BCUT2D eigenvalue weighted by molar-refractivity contribution is -0.122. The monoisotopic (exact) mass is 389 g/mol. The highest BCUT2D eigenvalue weighted by Gasteiger charge is 2.10. The van der Waals surface area contributed by atoms with E-state index >= 15 is 0 Å². The van der Waals surface area contributed by atoms with Crippen LogP contribution in [-0.4, -0.2) is 43.4 Å². The van der Waals surface area contributed by atoms with Crippen LogP contribution < -0.4 is 10.6 Å². The molecule has 0 bridgehead atoms. The van der Waals surface area contributed by atoms with Crippen molar-refractivity contribution in [3.8, 4) is 0 Å². The van der Waals surface area contributed by atoms with Crippen LogP contribution in [0.5, 0.6) is 0 Å². The van der Waals surface area contributed by atoms with Crippen molar-refractivity contribution in [3.63, 3.8) is 0 Å². The Hall–Kier alpha value is -1.15. The second-order valence-electron chi connectivity index (χ2n) is 4.58. The first-order valence-electron chi connectivity index (χ1n) is 6.52. The van der Waals surface area contributed by atoms with Crippen LogP contribution in [0.25, 0.3) is 0 Å². The fourth-order valence-corrected chi connectivity index (χ4v) is 1.96. The van der Waals surface area contributed by atoms with Gasteiger partial charge in [0.2, 0.25) is 11.8 Å². The average molecular weight is 389 g/mol. The minimum absolute atomic E-state index is 0.0589. The lowest BCUT2D eigenvalue weighted by atomic mass is 10.3. The molecule has 0 heterocycles. The summed E-state index contributed by atoms with van der Waals surface area (Å²) >= 11 is 2.21. The Kier molecular flexibility index (Phi) is 7.53. The van der Waals surface area contributed by atoms with Crippen molar-refractivity contribution < 1.29 is 9.59 Å². The maximum Gasteiger partial charge on any atom is 0.238 e. The summed E-state index contributed by atoms with van der Waals surface area (Å²) in [4.78, 5) is 25.0. The van der Waals surface area contributed by atoms with E-state index in [-0.39, 0.29) is 24.9 Å². The van der Waals surface area contributed by atoms with E-state index in [1.54, 1.807) is 11.9 Å². The molecule has 1 aromatic carbocycles. The lowest BCUT2D eigenvalue weighted by Crippen LogP contribution is -2.39. The highest BCUT2D eigenvalue weighted by Crippen LogP contribution is 2.10. The predicted molar refractivity (Wildman–Crippen MR) is 88.6 cm³/mol. The van der Waals surface area contributed by atoms with Gasteiger partial charge in [0.25, 0.3) is 0 Å². The fraction of sp³-hybridized carbons (Fsp3) is 0.429. The molecule has 6 heteroatoms. The maximum absolute atomic E-state index is 11.8. The molecule has 0 aliphatic rings. The first-order chi connectivity index (χ1) is 9.51. The number of halogens is 1. The first kappa shape index (κ1) is 16.9. The molecule has 20 heavy (non-hydrogen) atoms. The molecule has 5 nitrogen and oxygen atoms in total. The van der Waals surface area contributed by atoms with E-state index < -0.39 is 0 Å². The Bertz CT molecular complexity index is 448. The number of carbonyl (C=O) groups is 2. The molecular formula is C14H20IN3O2. The van der Waals surface area contributed by atoms with Crippen LogP contribution in [0.4, 0.5) is 5.69 Å². The van der Waals surface area contributed by atoms with Crippen molar-refractivity contribution in [2.75, 3.05) is 32.0 Å². The second kappa shape index (κ2) is 8.91. The lowest BCUT2D eigenvalue weighted by Gasteiger charge is -2.15. The van der Waals surface area contributed by atoms with Gasteiger partial charge in [-0.25, -0.2) is 0 Å². The second-order valence-corrected chi connectivity index (χ2v) is 5.82. The minimum Gasteiger partial charge on any atom is -0.355 e. The summed E-state index contributed by atoms with van der Waals surface area (Å²) < 4.78 is 1.12. The van der Waals surface area contributed by atoms with E-state index in [4.69, 9.17) is 0 Å². The van der Waals surface area contributed by atoms with E-state index in [2.05, 4.69) is 33.2 Å². The Morgan fingerprint density at radius 1 is 1.15 bits per heavy atom. The summed E-state index contributed by atoms with van der Waals surface area (Å²) in [6, 6.07) is 7.57. The Labute approximate surface area is 133 Å². The summed E-state index contributed by atoms with van der Waals surface area (Å²) in [7, 11) is 1.75. The molecule has 0 aliphatic heterocycles. The largest absolute Gasteiger partial charge is 0.355 e. The van der Waals surface area contributed by atoms with Crippen LogP contribution in [0.3, 0.4) is 0 Å². The molecule has 0 aromatic heterocycles. The summed E-state index contributed by atoms with van der Waals surface area (Å²) in [5.74, 6) is -0.187. The molecule has 1 aromatic rings. The normalized spacial score (nSPS) is 10.4. The molecule has 110 valence electrons. The molecule has 0 spiro atoms. The number of amides is 2. The first-order valence-corrected chi connectivity index (χ1v) is 7.59.